The summed E-state index contributed by atoms with van der Waals surface area (Å²) in [7, 11) is 8.13. The zero-order valence-electron chi connectivity index (χ0n) is 49.5. The SMILES string of the molecule is C.C=C(N)NC1CCN(C(C)(C)C)CC1.C=C(NC)NC1CCN(C(C)C)CC1.CC(C)(C)N1CCC(N)CC1.CC(C)(C)N1CCCCC1.CN(C)C(C)(C)C.CNC1CCN(C(C)(C)C)CC1. The molecule has 8 N–H and O–H groups in total. The number of hydrogen-bond acceptors (Lipinski definition) is 12. The molecule has 0 radical (unpaired) electrons. The normalized spacial score (nSPS) is 20.7. The van der Waals surface area contributed by atoms with E-state index in [1.165, 1.54) is 97.3 Å². The van der Waals surface area contributed by atoms with Crippen molar-refractivity contribution in [2.24, 2.45) is 11.5 Å². The number of nitrogens with one attached hydrogen (secondary N) is 4. The Morgan fingerprint density at radius 2 is 0.812 bits per heavy atom. The summed E-state index contributed by atoms with van der Waals surface area (Å²) in [6.45, 7) is 58.2. The highest BCUT2D eigenvalue weighted by Crippen LogP contribution is 2.23. The highest BCUT2D eigenvalue weighted by molar-refractivity contribution is 4.93. The molecule has 0 saturated carbocycles. The van der Waals surface area contributed by atoms with Crippen LogP contribution >= 0.6 is 0 Å². The van der Waals surface area contributed by atoms with Gasteiger partial charge in [0.1, 0.15) is 0 Å². The van der Waals surface area contributed by atoms with E-state index < -0.39 is 0 Å². The van der Waals surface area contributed by atoms with E-state index >= 15 is 0 Å². The Morgan fingerprint density at radius 3 is 1.09 bits per heavy atom. The van der Waals surface area contributed by atoms with Gasteiger partial charge in [-0.15, -0.1) is 0 Å². The Bertz CT molecular complexity index is 1280. The summed E-state index contributed by atoms with van der Waals surface area (Å²) in [5.74, 6) is 1.53. The fourth-order valence-electron chi connectivity index (χ4n) is 8.81. The van der Waals surface area contributed by atoms with Crippen molar-refractivity contribution in [1.82, 2.24) is 50.7 Å². The minimum absolute atomic E-state index is 0. The van der Waals surface area contributed by atoms with Crippen molar-refractivity contribution in [3.05, 3.63) is 24.8 Å². The van der Waals surface area contributed by atoms with Crippen LogP contribution in [0.15, 0.2) is 24.8 Å². The number of nitrogens with two attached hydrogens (primary N) is 2. The average Bonchev–Trinajstić information content (AvgIpc) is 3.24. The Kier molecular flexibility index (Phi) is 33.4. The van der Waals surface area contributed by atoms with E-state index in [9.17, 15) is 0 Å². The molecule has 5 heterocycles. The van der Waals surface area contributed by atoms with Crippen LogP contribution in [0.4, 0.5) is 0 Å². The van der Waals surface area contributed by atoms with Gasteiger partial charge in [0.2, 0.25) is 0 Å². The molecule has 0 bridgehead atoms. The average molecular weight is 980 g/mol. The fraction of sp³-hybridized carbons (Fsp3) is 0.930. The Labute approximate surface area is 432 Å². The molecule has 5 rings (SSSR count). The number of rotatable bonds is 7. The highest BCUT2D eigenvalue weighted by Gasteiger charge is 2.29. The van der Waals surface area contributed by atoms with Gasteiger partial charge in [-0.3, -0.25) is 19.6 Å². The van der Waals surface area contributed by atoms with Crippen molar-refractivity contribution in [1.29, 1.82) is 0 Å². The molecule has 0 aromatic carbocycles. The summed E-state index contributed by atoms with van der Waals surface area (Å²) in [6, 6.07) is 3.01. The fourth-order valence-corrected chi connectivity index (χ4v) is 8.81. The maximum Gasteiger partial charge on any atom is 0.0911 e. The lowest BCUT2D eigenvalue weighted by Crippen LogP contribution is -2.50. The third-order valence-corrected chi connectivity index (χ3v) is 14.8. The molecule has 5 fully saturated rings. The van der Waals surface area contributed by atoms with Crippen LogP contribution in [0.2, 0.25) is 0 Å². The summed E-state index contributed by atoms with van der Waals surface area (Å²) in [5.41, 5.74) is 13.1. The molecule has 414 valence electrons. The molecule has 5 saturated heterocycles. The van der Waals surface area contributed by atoms with E-state index in [0.29, 0.717) is 57.7 Å². The first kappa shape index (κ1) is 69.4. The van der Waals surface area contributed by atoms with Gasteiger partial charge in [-0.1, -0.05) is 27.0 Å². The topological polar surface area (TPSA) is 120 Å². The van der Waals surface area contributed by atoms with Crippen LogP contribution < -0.4 is 32.7 Å². The summed E-state index contributed by atoms with van der Waals surface area (Å²) < 4.78 is 0. The smallest absolute Gasteiger partial charge is 0.0911 e. The van der Waals surface area contributed by atoms with Gasteiger partial charge in [-0.2, -0.15) is 0 Å². The Hall–Kier alpha value is -1.64. The Morgan fingerprint density at radius 1 is 0.507 bits per heavy atom. The number of likely N-dealkylation sites (tertiary alicyclic amines) is 5. The minimum Gasteiger partial charge on any atom is -0.386 e. The first-order chi connectivity index (χ1) is 31.1. The van der Waals surface area contributed by atoms with Crippen molar-refractivity contribution in [3.63, 3.8) is 0 Å². The van der Waals surface area contributed by atoms with E-state index in [0.717, 1.165) is 50.6 Å². The third-order valence-electron chi connectivity index (χ3n) is 14.8. The molecule has 0 aromatic rings. The molecular weight excluding hydrogens is 853 g/mol. The molecule has 0 aromatic heterocycles. The zero-order valence-corrected chi connectivity index (χ0v) is 49.5. The van der Waals surface area contributed by atoms with Crippen molar-refractivity contribution < 1.29 is 0 Å². The molecule has 5 aliphatic heterocycles. The molecule has 69 heavy (non-hydrogen) atoms. The number of nitrogens with zero attached hydrogens (tertiary/aromatic N) is 6. The number of piperidine rings is 5. The van der Waals surface area contributed by atoms with Gasteiger partial charge in [0, 0.05) is 117 Å². The molecule has 0 spiro atoms. The van der Waals surface area contributed by atoms with Gasteiger partial charge in [-0.05, 0) is 216 Å². The van der Waals surface area contributed by atoms with E-state index in [1.54, 1.807) is 0 Å². The van der Waals surface area contributed by atoms with Crippen molar-refractivity contribution in [3.8, 4) is 0 Å². The molecule has 0 aliphatic carbocycles. The van der Waals surface area contributed by atoms with Gasteiger partial charge < -0.3 is 42.5 Å². The van der Waals surface area contributed by atoms with Crippen LogP contribution in [-0.4, -0.2) is 181 Å². The lowest BCUT2D eigenvalue weighted by atomic mass is 9.98. The first-order valence-corrected chi connectivity index (χ1v) is 27.3. The zero-order chi connectivity index (χ0) is 52.7. The van der Waals surface area contributed by atoms with Crippen molar-refractivity contribution in [2.75, 3.05) is 93.6 Å². The van der Waals surface area contributed by atoms with Crippen LogP contribution in [0.25, 0.3) is 0 Å². The van der Waals surface area contributed by atoms with Gasteiger partial charge in [0.05, 0.1) is 11.6 Å². The second-order valence-electron chi connectivity index (χ2n) is 25.9. The highest BCUT2D eigenvalue weighted by atomic mass is 15.2. The third kappa shape index (κ3) is 32.2. The van der Waals surface area contributed by atoms with Gasteiger partial charge in [0.25, 0.3) is 0 Å². The second-order valence-corrected chi connectivity index (χ2v) is 25.9. The van der Waals surface area contributed by atoms with Crippen molar-refractivity contribution >= 4 is 0 Å². The molecule has 5 aliphatic rings. The molecule has 0 unspecified atom stereocenters. The van der Waals surface area contributed by atoms with Crippen LogP contribution in [-0.2, 0) is 0 Å². The second kappa shape index (κ2) is 33.2. The summed E-state index contributed by atoms with van der Waals surface area (Å²) >= 11 is 0. The summed E-state index contributed by atoms with van der Waals surface area (Å²) in [5, 5.41) is 13.0. The van der Waals surface area contributed by atoms with E-state index in [4.69, 9.17) is 11.5 Å². The molecule has 0 amide bonds. The standard InChI is InChI=1S/2C11H23N3.C10H22N2.C9H20N2.C9H19N.C6H15N.CH4/c1-9(12)13-10-5-7-14(8-6-10)11(2,3)4;1-9(2)14-7-5-11(6-8-14)13-10(3)12-4;1-10(2,3)12-7-5-9(11-4)6-8-12;1-9(2,3)11-6-4-8(10)5-7-11;1-9(2,3)10-7-5-4-6-8-10;1-6(2,3)7(4)5;/h10,13H,1,5-8,12H2,2-4H3;9,11-13H,3,5-8H2,1-2,4H3;9,11H,5-8H2,1-4H3;8H,4-7,10H2,1-3H3;4-8H2,1-3H3;1-5H3;1H4. The van der Waals surface area contributed by atoms with Crippen LogP contribution in [0.5, 0.6) is 0 Å². The monoisotopic (exact) mass is 979 g/mol. The van der Waals surface area contributed by atoms with E-state index in [-0.39, 0.29) is 7.43 Å². The maximum absolute atomic E-state index is 5.81. The molecule has 0 atom stereocenters. The summed E-state index contributed by atoms with van der Waals surface area (Å²) in [6.07, 6.45) is 13.9. The molecule has 12 nitrogen and oxygen atoms in total. The van der Waals surface area contributed by atoms with Crippen LogP contribution in [0.3, 0.4) is 0 Å². The quantitative estimate of drug-likeness (QED) is 0.146. The Balaban J connectivity index is 0. The molecule has 12 heteroatoms. The maximum atomic E-state index is 5.81. The van der Waals surface area contributed by atoms with Crippen LogP contribution in [0.1, 0.15) is 196 Å². The van der Waals surface area contributed by atoms with E-state index in [1.807, 2.05) is 7.05 Å². The lowest BCUT2D eigenvalue weighted by Gasteiger charge is -2.41. The van der Waals surface area contributed by atoms with Gasteiger partial charge >= 0.3 is 0 Å². The molecular formula is C57H126N12. The first-order valence-electron chi connectivity index (χ1n) is 27.3. The lowest BCUT2D eigenvalue weighted by molar-refractivity contribution is 0.0978. The predicted octanol–water partition coefficient (Wildman–Crippen LogP) is 9.34. The van der Waals surface area contributed by atoms with Gasteiger partial charge in [-0.25, -0.2) is 0 Å². The largest absolute Gasteiger partial charge is 0.386 e. The number of hydrogen-bond donors (Lipinski definition) is 6. The predicted molar refractivity (Wildman–Crippen MR) is 309 cm³/mol. The van der Waals surface area contributed by atoms with Gasteiger partial charge in [0.15, 0.2) is 0 Å². The minimum atomic E-state index is 0. The van der Waals surface area contributed by atoms with E-state index in [2.05, 4.69) is 203 Å². The van der Waals surface area contributed by atoms with Crippen molar-refractivity contribution in [2.45, 2.75) is 254 Å². The van der Waals surface area contributed by atoms with Crippen LogP contribution in [0, 0.1) is 0 Å². The summed E-state index contributed by atoms with van der Waals surface area (Å²) in [4.78, 5) is 14.9.